The van der Waals surface area contributed by atoms with E-state index < -0.39 is 5.54 Å². The molecule has 0 bridgehead atoms. The fourth-order valence-electron chi connectivity index (χ4n) is 3.13. The topological polar surface area (TPSA) is 46.2 Å². The van der Waals surface area contributed by atoms with Crippen molar-refractivity contribution in [2.24, 2.45) is 0 Å². The average Bonchev–Trinajstić information content (AvgIpc) is 3.05. The summed E-state index contributed by atoms with van der Waals surface area (Å²) in [5.41, 5.74) is 0.501. The first-order chi connectivity index (χ1) is 10.7. The highest BCUT2D eigenvalue weighted by atomic mass is 16.2. The number of Topliss-reactive ketones (excluding diaryl/α,β-unsaturated/α-hetero) is 1. The molecular weight excluding hydrogens is 274 g/mol. The zero-order valence-electron chi connectivity index (χ0n) is 12.4. The minimum atomic E-state index is -0.756. The summed E-state index contributed by atoms with van der Waals surface area (Å²) in [6, 6.07) is 18.3. The van der Waals surface area contributed by atoms with Gasteiger partial charge in [-0.1, -0.05) is 61.4 Å². The van der Waals surface area contributed by atoms with Crippen molar-refractivity contribution in [3.05, 3.63) is 71.8 Å². The summed E-state index contributed by atoms with van der Waals surface area (Å²) in [6.45, 7) is 0. The van der Waals surface area contributed by atoms with E-state index in [4.69, 9.17) is 0 Å². The lowest BCUT2D eigenvalue weighted by Gasteiger charge is -2.29. The van der Waals surface area contributed by atoms with Crippen LogP contribution in [0, 0.1) is 0 Å². The van der Waals surface area contributed by atoms with Gasteiger partial charge >= 0.3 is 0 Å². The molecule has 1 saturated carbocycles. The van der Waals surface area contributed by atoms with Crippen LogP contribution in [0.5, 0.6) is 0 Å². The van der Waals surface area contributed by atoms with Crippen molar-refractivity contribution < 1.29 is 9.59 Å². The minimum absolute atomic E-state index is 0.0230. The second-order valence-corrected chi connectivity index (χ2v) is 5.80. The summed E-state index contributed by atoms with van der Waals surface area (Å²) in [7, 11) is 0. The van der Waals surface area contributed by atoms with Crippen LogP contribution in [0.15, 0.2) is 60.7 Å². The van der Waals surface area contributed by atoms with Gasteiger partial charge in [-0.15, -0.1) is 0 Å². The van der Waals surface area contributed by atoms with Gasteiger partial charge in [0.15, 0.2) is 5.78 Å². The third kappa shape index (κ3) is 2.80. The van der Waals surface area contributed by atoms with Gasteiger partial charge in [-0.3, -0.25) is 9.59 Å². The second kappa shape index (κ2) is 6.14. The number of hydrogen-bond acceptors (Lipinski definition) is 2. The molecule has 0 atom stereocenters. The van der Waals surface area contributed by atoms with E-state index in [0.717, 1.165) is 12.8 Å². The molecular formula is C19H19NO2. The summed E-state index contributed by atoms with van der Waals surface area (Å²) >= 11 is 0. The number of amides is 1. The summed E-state index contributed by atoms with van der Waals surface area (Å²) in [4.78, 5) is 25.4. The van der Waals surface area contributed by atoms with Gasteiger partial charge < -0.3 is 5.32 Å². The highest BCUT2D eigenvalue weighted by molar-refractivity contribution is 6.07. The largest absolute Gasteiger partial charge is 0.339 e. The van der Waals surface area contributed by atoms with Crippen molar-refractivity contribution >= 4 is 11.7 Å². The number of benzene rings is 2. The Kier molecular flexibility index (Phi) is 4.05. The molecule has 0 unspecified atom stereocenters. The van der Waals surface area contributed by atoms with E-state index >= 15 is 0 Å². The van der Waals surface area contributed by atoms with E-state index in [1.807, 2.05) is 48.5 Å². The number of ketones is 1. The van der Waals surface area contributed by atoms with Crippen molar-refractivity contribution in [2.75, 3.05) is 0 Å². The second-order valence-electron chi connectivity index (χ2n) is 5.80. The number of hydrogen-bond donors (Lipinski definition) is 1. The van der Waals surface area contributed by atoms with Gasteiger partial charge in [0.05, 0.1) is 0 Å². The van der Waals surface area contributed by atoms with Crippen LogP contribution in [0.1, 0.15) is 46.4 Å². The van der Waals surface area contributed by atoms with Crippen molar-refractivity contribution in [1.29, 1.82) is 0 Å². The highest BCUT2D eigenvalue weighted by Gasteiger charge is 2.42. The van der Waals surface area contributed by atoms with E-state index in [-0.39, 0.29) is 11.7 Å². The Hall–Kier alpha value is -2.42. The van der Waals surface area contributed by atoms with E-state index in [1.165, 1.54) is 0 Å². The van der Waals surface area contributed by atoms with Crippen LogP contribution >= 0.6 is 0 Å². The standard InChI is InChI=1S/C19H19NO2/c21-17(15-9-3-1-4-10-15)19(13-7-8-14-19)20-18(22)16-11-5-2-6-12-16/h1-6,9-12H,7-8,13-14H2,(H,20,22). The number of carbonyl (C=O) groups excluding carboxylic acids is 2. The monoisotopic (exact) mass is 293 g/mol. The van der Waals surface area contributed by atoms with E-state index in [1.54, 1.807) is 12.1 Å². The molecule has 1 fully saturated rings. The summed E-state index contributed by atoms with van der Waals surface area (Å²) in [5.74, 6) is -0.151. The Balaban J connectivity index is 1.86. The first kappa shape index (κ1) is 14.5. The van der Waals surface area contributed by atoms with Gasteiger partial charge in [-0.05, 0) is 25.0 Å². The molecule has 0 radical (unpaired) electrons. The lowest BCUT2D eigenvalue weighted by molar-refractivity contribution is 0.0770. The van der Waals surface area contributed by atoms with Gasteiger partial charge in [0.1, 0.15) is 5.54 Å². The summed E-state index contributed by atoms with van der Waals surface area (Å²) < 4.78 is 0. The average molecular weight is 293 g/mol. The highest BCUT2D eigenvalue weighted by Crippen LogP contribution is 2.33. The SMILES string of the molecule is O=C(NC1(C(=O)c2ccccc2)CCCC1)c1ccccc1. The maximum absolute atomic E-state index is 12.9. The summed E-state index contributed by atoms with van der Waals surface area (Å²) in [6.07, 6.45) is 3.35. The Morgan fingerprint density at radius 3 is 1.82 bits per heavy atom. The van der Waals surface area contributed by atoms with Crippen molar-refractivity contribution in [3.63, 3.8) is 0 Å². The molecule has 2 aromatic carbocycles. The number of nitrogens with one attached hydrogen (secondary N) is 1. The Morgan fingerprint density at radius 2 is 1.27 bits per heavy atom. The van der Waals surface area contributed by atoms with Crippen LogP contribution in [0.2, 0.25) is 0 Å². The lowest BCUT2D eigenvalue weighted by Crippen LogP contribution is -2.52. The maximum atomic E-state index is 12.9. The number of carbonyl (C=O) groups is 2. The third-order valence-electron chi connectivity index (χ3n) is 4.32. The Morgan fingerprint density at radius 1 is 0.773 bits per heavy atom. The molecule has 1 amide bonds. The molecule has 1 aliphatic rings. The molecule has 2 aromatic rings. The normalized spacial score (nSPS) is 16.2. The van der Waals surface area contributed by atoms with E-state index in [9.17, 15) is 9.59 Å². The molecule has 3 nitrogen and oxygen atoms in total. The lowest BCUT2D eigenvalue weighted by atomic mass is 9.87. The molecule has 0 aromatic heterocycles. The van der Waals surface area contributed by atoms with Crippen LogP contribution < -0.4 is 5.32 Å². The van der Waals surface area contributed by atoms with Crippen molar-refractivity contribution in [3.8, 4) is 0 Å². The van der Waals surface area contributed by atoms with Crippen LogP contribution in [-0.4, -0.2) is 17.2 Å². The van der Waals surface area contributed by atoms with Gasteiger partial charge in [0.25, 0.3) is 5.91 Å². The molecule has 0 heterocycles. The molecule has 3 heteroatoms. The molecule has 1 N–H and O–H groups in total. The molecule has 112 valence electrons. The maximum Gasteiger partial charge on any atom is 0.252 e. The molecule has 0 spiro atoms. The minimum Gasteiger partial charge on any atom is -0.339 e. The predicted octanol–water partition coefficient (Wildman–Crippen LogP) is 3.61. The Labute approximate surface area is 130 Å². The Bertz CT molecular complexity index is 658. The van der Waals surface area contributed by atoms with E-state index in [0.29, 0.717) is 24.0 Å². The van der Waals surface area contributed by atoms with Gasteiger partial charge in [-0.25, -0.2) is 0 Å². The fourth-order valence-corrected chi connectivity index (χ4v) is 3.13. The van der Waals surface area contributed by atoms with Crippen LogP contribution in [-0.2, 0) is 0 Å². The first-order valence-electron chi connectivity index (χ1n) is 7.69. The fraction of sp³-hybridized carbons (Fsp3) is 0.263. The quantitative estimate of drug-likeness (QED) is 0.875. The number of rotatable bonds is 4. The summed E-state index contributed by atoms with van der Waals surface area (Å²) in [5, 5.41) is 3.02. The predicted molar refractivity (Wildman–Crippen MR) is 85.9 cm³/mol. The zero-order valence-corrected chi connectivity index (χ0v) is 12.4. The van der Waals surface area contributed by atoms with Gasteiger partial charge in [0.2, 0.25) is 0 Å². The van der Waals surface area contributed by atoms with Crippen LogP contribution in [0.4, 0.5) is 0 Å². The first-order valence-corrected chi connectivity index (χ1v) is 7.69. The van der Waals surface area contributed by atoms with Crippen molar-refractivity contribution in [2.45, 2.75) is 31.2 Å². The van der Waals surface area contributed by atoms with Crippen molar-refractivity contribution in [1.82, 2.24) is 5.32 Å². The van der Waals surface area contributed by atoms with Crippen LogP contribution in [0.3, 0.4) is 0 Å². The van der Waals surface area contributed by atoms with Gasteiger partial charge in [-0.2, -0.15) is 0 Å². The molecule has 22 heavy (non-hydrogen) atoms. The molecule has 1 aliphatic carbocycles. The van der Waals surface area contributed by atoms with E-state index in [2.05, 4.69) is 5.32 Å². The molecule has 0 aliphatic heterocycles. The third-order valence-corrected chi connectivity index (χ3v) is 4.32. The van der Waals surface area contributed by atoms with Crippen LogP contribution in [0.25, 0.3) is 0 Å². The van der Waals surface area contributed by atoms with Gasteiger partial charge in [0, 0.05) is 11.1 Å². The molecule has 3 rings (SSSR count). The smallest absolute Gasteiger partial charge is 0.252 e. The molecule has 0 saturated heterocycles. The zero-order chi connectivity index (χ0) is 15.4.